The van der Waals surface area contributed by atoms with Gasteiger partial charge in [0.2, 0.25) is 0 Å². The molecule has 0 radical (unpaired) electrons. The van der Waals surface area contributed by atoms with Crippen molar-refractivity contribution < 1.29 is 0 Å². The number of hydrogen-bond donors (Lipinski definition) is 0. The van der Waals surface area contributed by atoms with Gasteiger partial charge in [0.15, 0.2) is 4.77 Å². The molecule has 5 heteroatoms. The van der Waals surface area contributed by atoms with E-state index >= 15 is 0 Å². The Balaban J connectivity index is 2.17. The van der Waals surface area contributed by atoms with Crippen LogP contribution in [0.15, 0.2) is 66.9 Å². The van der Waals surface area contributed by atoms with Crippen LogP contribution in [0.5, 0.6) is 0 Å². The first-order valence-corrected chi connectivity index (χ1v) is 12.0. The van der Waals surface area contributed by atoms with Crippen molar-refractivity contribution in [2.24, 2.45) is 0 Å². The molecule has 0 spiro atoms. The molecule has 27 heavy (non-hydrogen) atoms. The molecule has 0 aliphatic carbocycles. The highest BCUT2D eigenvalue weighted by atomic mass is 35.7. The quantitative estimate of drug-likeness (QED) is 0.304. The number of benzene rings is 2. The average molecular weight is 417 g/mol. The second kappa shape index (κ2) is 8.73. The van der Waals surface area contributed by atoms with Crippen molar-refractivity contribution >= 4 is 36.2 Å². The zero-order chi connectivity index (χ0) is 19.6. The molecule has 2 aromatic carbocycles. The monoisotopic (exact) mass is 416 g/mol. The van der Waals surface area contributed by atoms with Gasteiger partial charge in [0.05, 0.1) is 12.7 Å². The van der Waals surface area contributed by atoms with Crippen LogP contribution in [-0.4, -0.2) is 9.13 Å². The minimum atomic E-state index is -1.02. The molecule has 0 saturated carbocycles. The summed E-state index contributed by atoms with van der Waals surface area (Å²) in [4.78, 5) is 0. The second-order valence-corrected chi connectivity index (χ2v) is 10.3. The largest absolute Gasteiger partial charge is 0.321 e. The molecule has 0 aliphatic rings. The standard InChI is InChI=1S/C22H26ClN2PS/c1-16(2)24-15-20(25(17(3)4)22(24)27)26(23)21(18-11-7-5-8-12-18)19-13-9-6-10-14-19/h5-17,21H,1-4H3. The Morgan fingerprint density at radius 3 is 1.70 bits per heavy atom. The summed E-state index contributed by atoms with van der Waals surface area (Å²) in [7, 11) is -1.02. The van der Waals surface area contributed by atoms with Crippen molar-refractivity contribution in [3.05, 3.63) is 82.8 Å². The Bertz CT molecular complexity index is 892. The van der Waals surface area contributed by atoms with Crippen molar-refractivity contribution in [3.8, 4) is 0 Å². The van der Waals surface area contributed by atoms with Crippen molar-refractivity contribution in [3.63, 3.8) is 0 Å². The van der Waals surface area contributed by atoms with E-state index in [0.717, 1.165) is 10.2 Å². The van der Waals surface area contributed by atoms with Gasteiger partial charge in [-0.25, -0.2) is 0 Å². The van der Waals surface area contributed by atoms with Crippen LogP contribution in [0.1, 0.15) is 56.6 Å². The Morgan fingerprint density at radius 1 is 0.815 bits per heavy atom. The number of hydrogen-bond acceptors (Lipinski definition) is 1. The van der Waals surface area contributed by atoms with Crippen molar-refractivity contribution in [2.75, 3.05) is 0 Å². The maximum Gasteiger partial charge on any atom is 0.180 e. The molecule has 0 saturated heterocycles. The molecule has 3 rings (SSSR count). The molecule has 0 N–H and O–H groups in total. The van der Waals surface area contributed by atoms with Crippen LogP contribution < -0.4 is 5.44 Å². The summed E-state index contributed by atoms with van der Waals surface area (Å²) in [6.45, 7) is 8.66. The normalized spacial score (nSPS) is 12.9. The molecule has 1 aromatic heterocycles. The minimum Gasteiger partial charge on any atom is -0.321 e. The fraction of sp³-hybridized carbons (Fsp3) is 0.318. The predicted molar refractivity (Wildman–Crippen MR) is 121 cm³/mol. The highest BCUT2D eigenvalue weighted by molar-refractivity contribution is 7.90. The summed E-state index contributed by atoms with van der Waals surface area (Å²) < 4.78 is 5.24. The topological polar surface area (TPSA) is 9.86 Å². The molecule has 1 atom stereocenters. The number of aromatic nitrogens is 2. The minimum absolute atomic E-state index is 0.117. The van der Waals surface area contributed by atoms with E-state index in [2.05, 4.69) is 91.6 Å². The van der Waals surface area contributed by atoms with Crippen molar-refractivity contribution in [1.29, 1.82) is 0 Å². The van der Waals surface area contributed by atoms with Crippen LogP contribution in [0, 0.1) is 4.77 Å². The van der Waals surface area contributed by atoms with Crippen molar-refractivity contribution in [2.45, 2.75) is 45.4 Å². The Kier molecular flexibility index (Phi) is 6.57. The van der Waals surface area contributed by atoms with Crippen LogP contribution in [0.25, 0.3) is 0 Å². The van der Waals surface area contributed by atoms with E-state index in [-0.39, 0.29) is 11.7 Å². The number of imidazole rings is 1. The number of rotatable bonds is 6. The zero-order valence-corrected chi connectivity index (χ0v) is 18.7. The molecule has 0 fully saturated rings. The number of halogens is 1. The summed E-state index contributed by atoms with van der Waals surface area (Å²) in [6, 6.07) is 21.7. The predicted octanol–water partition coefficient (Wildman–Crippen LogP) is 7.23. The van der Waals surface area contributed by atoms with Crippen LogP contribution in [0.2, 0.25) is 0 Å². The van der Waals surface area contributed by atoms with Crippen LogP contribution in [0.4, 0.5) is 0 Å². The zero-order valence-electron chi connectivity index (χ0n) is 16.2. The Labute approximate surface area is 173 Å². The fourth-order valence-electron chi connectivity index (χ4n) is 3.33. The first-order valence-electron chi connectivity index (χ1n) is 9.30. The molecule has 1 unspecified atom stereocenters. The van der Waals surface area contributed by atoms with E-state index in [1.165, 1.54) is 11.1 Å². The van der Waals surface area contributed by atoms with Crippen LogP contribution >= 0.6 is 30.7 Å². The molecule has 0 amide bonds. The number of nitrogens with zero attached hydrogens (tertiary/aromatic N) is 2. The Morgan fingerprint density at radius 2 is 1.30 bits per heavy atom. The molecule has 0 bridgehead atoms. The van der Waals surface area contributed by atoms with Crippen LogP contribution in [0.3, 0.4) is 0 Å². The molecule has 1 heterocycles. The highest BCUT2D eigenvalue weighted by Crippen LogP contribution is 2.58. The first-order chi connectivity index (χ1) is 12.9. The van der Waals surface area contributed by atoms with Gasteiger partial charge < -0.3 is 9.13 Å². The van der Waals surface area contributed by atoms with E-state index in [9.17, 15) is 0 Å². The van der Waals surface area contributed by atoms with Gasteiger partial charge in [-0.05, 0) is 51.0 Å². The third-order valence-corrected chi connectivity index (χ3v) is 8.01. The maximum absolute atomic E-state index is 7.26. The summed E-state index contributed by atoms with van der Waals surface area (Å²) in [5, 5.41) is 0. The lowest BCUT2D eigenvalue weighted by molar-refractivity contribution is 0.543. The van der Waals surface area contributed by atoms with Gasteiger partial charge in [0.1, 0.15) is 0 Å². The van der Waals surface area contributed by atoms with Gasteiger partial charge in [-0.1, -0.05) is 71.9 Å². The van der Waals surface area contributed by atoms with E-state index in [0.29, 0.717) is 6.04 Å². The lowest BCUT2D eigenvalue weighted by atomic mass is 10.0. The van der Waals surface area contributed by atoms with E-state index in [1.807, 2.05) is 12.1 Å². The Hall–Kier alpha value is -1.41. The average Bonchev–Trinajstić information content (AvgIpc) is 3.01. The summed E-state index contributed by atoms with van der Waals surface area (Å²) in [6.07, 6.45) is 2.17. The third-order valence-electron chi connectivity index (χ3n) is 4.68. The molecule has 142 valence electrons. The maximum atomic E-state index is 7.26. The van der Waals surface area contributed by atoms with E-state index in [1.54, 1.807) is 0 Å². The lowest BCUT2D eigenvalue weighted by Crippen LogP contribution is -2.18. The summed E-state index contributed by atoms with van der Waals surface area (Å²) >= 11 is 13.0. The summed E-state index contributed by atoms with van der Waals surface area (Å²) in [5.41, 5.74) is 3.73. The smallest absolute Gasteiger partial charge is 0.180 e. The van der Waals surface area contributed by atoms with Gasteiger partial charge in [0.25, 0.3) is 0 Å². The highest BCUT2D eigenvalue weighted by Gasteiger charge is 2.29. The van der Waals surface area contributed by atoms with Gasteiger partial charge in [-0.2, -0.15) is 0 Å². The van der Waals surface area contributed by atoms with Gasteiger partial charge in [0, 0.05) is 23.9 Å². The van der Waals surface area contributed by atoms with E-state index in [4.69, 9.17) is 23.5 Å². The lowest BCUT2D eigenvalue weighted by Gasteiger charge is -2.25. The molecule has 3 aromatic rings. The third kappa shape index (κ3) is 4.21. The van der Waals surface area contributed by atoms with Gasteiger partial charge in [-0.15, -0.1) is 0 Å². The SMILES string of the molecule is CC(C)n1cc(P(Cl)C(c2ccccc2)c2ccccc2)n(C(C)C)c1=S. The summed E-state index contributed by atoms with van der Waals surface area (Å²) in [5.74, 6) is 0. The molecular formula is C22H26ClN2PS. The van der Waals surface area contributed by atoms with Gasteiger partial charge >= 0.3 is 0 Å². The second-order valence-electron chi connectivity index (χ2n) is 7.27. The fourth-order valence-corrected chi connectivity index (χ4v) is 6.93. The van der Waals surface area contributed by atoms with Crippen molar-refractivity contribution in [1.82, 2.24) is 9.13 Å². The van der Waals surface area contributed by atoms with Gasteiger partial charge in [-0.3, -0.25) is 0 Å². The molecule has 0 aliphatic heterocycles. The molecule has 2 nitrogen and oxygen atoms in total. The first kappa shape index (κ1) is 20.3. The molecular weight excluding hydrogens is 391 g/mol. The van der Waals surface area contributed by atoms with Crippen LogP contribution in [-0.2, 0) is 0 Å². The van der Waals surface area contributed by atoms with E-state index < -0.39 is 7.27 Å².